The van der Waals surface area contributed by atoms with Gasteiger partial charge in [0.1, 0.15) is 0 Å². The van der Waals surface area contributed by atoms with Crippen LogP contribution in [-0.4, -0.2) is 18.0 Å². The molecular weight excluding hydrogens is 359 g/mol. The first-order chi connectivity index (χ1) is 8.29. The van der Waals surface area contributed by atoms with Crippen LogP contribution in [0, 0.1) is 0 Å². The van der Waals surface area contributed by atoms with E-state index in [0.717, 1.165) is 29.8 Å². The van der Waals surface area contributed by atoms with Crippen molar-refractivity contribution in [1.82, 2.24) is 4.90 Å². The summed E-state index contributed by atoms with van der Waals surface area (Å²) in [6.07, 6.45) is 0. The van der Waals surface area contributed by atoms with E-state index < -0.39 is 0 Å². The van der Waals surface area contributed by atoms with Crippen molar-refractivity contribution in [3.63, 3.8) is 0 Å². The summed E-state index contributed by atoms with van der Waals surface area (Å²) in [6.45, 7) is 14.1. The molecular formula is C15H27BrCl2N2. The molecule has 0 fully saturated rings. The highest BCUT2D eigenvalue weighted by atomic mass is 79.9. The van der Waals surface area contributed by atoms with Gasteiger partial charge in [0, 0.05) is 16.7 Å². The smallest absolute Gasteiger partial charge is 0.0496 e. The van der Waals surface area contributed by atoms with Gasteiger partial charge >= 0.3 is 0 Å². The lowest BCUT2D eigenvalue weighted by atomic mass is 9.85. The predicted octanol–water partition coefficient (Wildman–Crippen LogP) is 5.01. The summed E-state index contributed by atoms with van der Waals surface area (Å²) in [4.78, 5) is 2.41. The molecule has 0 bridgehead atoms. The molecule has 1 rings (SSSR count). The van der Waals surface area contributed by atoms with Crippen molar-refractivity contribution in [3.8, 4) is 0 Å². The Hall–Kier alpha value is 0.0400. The number of anilines is 1. The fourth-order valence-corrected chi connectivity index (χ4v) is 2.60. The Kier molecular flexibility index (Phi) is 10.2. The van der Waals surface area contributed by atoms with Crippen LogP contribution >= 0.6 is 40.7 Å². The average Bonchev–Trinajstić information content (AvgIpc) is 2.28. The Balaban J connectivity index is 0. The zero-order valence-corrected chi connectivity index (χ0v) is 16.2. The van der Waals surface area contributed by atoms with Crippen molar-refractivity contribution < 1.29 is 0 Å². The Morgan fingerprint density at radius 3 is 2.00 bits per heavy atom. The van der Waals surface area contributed by atoms with E-state index >= 15 is 0 Å². The molecule has 118 valence electrons. The second kappa shape index (κ2) is 9.14. The Morgan fingerprint density at radius 1 is 1.10 bits per heavy atom. The van der Waals surface area contributed by atoms with E-state index in [9.17, 15) is 0 Å². The maximum Gasteiger partial charge on any atom is 0.0496 e. The van der Waals surface area contributed by atoms with Crippen LogP contribution in [0.3, 0.4) is 0 Å². The molecule has 5 heteroatoms. The van der Waals surface area contributed by atoms with Crippen LogP contribution in [0.4, 0.5) is 5.69 Å². The highest BCUT2D eigenvalue weighted by molar-refractivity contribution is 9.10. The summed E-state index contributed by atoms with van der Waals surface area (Å²) in [5.74, 6) is 0. The van der Waals surface area contributed by atoms with Gasteiger partial charge in [0.15, 0.2) is 0 Å². The third kappa shape index (κ3) is 5.80. The normalized spacial score (nSPS) is 10.9. The monoisotopic (exact) mass is 384 g/mol. The van der Waals surface area contributed by atoms with Crippen molar-refractivity contribution in [3.05, 3.63) is 27.7 Å². The van der Waals surface area contributed by atoms with Crippen molar-refractivity contribution >= 4 is 46.4 Å². The molecule has 0 unspecified atom stereocenters. The predicted molar refractivity (Wildman–Crippen MR) is 98.4 cm³/mol. The lowest BCUT2D eigenvalue weighted by Crippen LogP contribution is -2.23. The second-order valence-electron chi connectivity index (χ2n) is 5.75. The van der Waals surface area contributed by atoms with Gasteiger partial charge in [0.25, 0.3) is 0 Å². The second-order valence-corrected chi connectivity index (χ2v) is 6.60. The number of rotatable bonds is 4. The number of hydrogen-bond acceptors (Lipinski definition) is 2. The summed E-state index contributed by atoms with van der Waals surface area (Å²) >= 11 is 3.58. The molecule has 2 nitrogen and oxygen atoms in total. The fraction of sp³-hybridized carbons (Fsp3) is 0.600. The number of benzene rings is 1. The Bertz CT molecular complexity index is 413. The first-order valence-corrected chi connectivity index (χ1v) is 7.39. The van der Waals surface area contributed by atoms with E-state index in [1.165, 1.54) is 11.1 Å². The van der Waals surface area contributed by atoms with Gasteiger partial charge < -0.3 is 5.73 Å². The van der Waals surface area contributed by atoms with Crippen LogP contribution in [0.5, 0.6) is 0 Å². The molecule has 2 N–H and O–H groups in total. The van der Waals surface area contributed by atoms with Gasteiger partial charge in [0.2, 0.25) is 0 Å². The zero-order chi connectivity index (χ0) is 13.9. The van der Waals surface area contributed by atoms with Gasteiger partial charge in [-0.2, -0.15) is 0 Å². The number of nitrogen functional groups attached to an aromatic ring is 1. The first kappa shape index (κ1) is 22.3. The van der Waals surface area contributed by atoms with Crippen LogP contribution in [-0.2, 0) is 12.0 Å². The molecule has 0 aliphatic carbocycles. The zero-order valence-electron chi connectivity index (χ0n) is 13.0. The van der Waals surface area contributed by atoms with E-state index in [2.05, 4.69) is 67.6 Å². The van der Waals surface area contributed by atoms with Gasteiger partial charge in [-0.05, 0) is 51.6 Å². The van der Waals surface area contributed by atoms with Crippen molar-refractivity contribution in [1.29, 1.82) is 0 Å². The van der Waals surface area contributed by atoms with Crippen molar-refractivity contribution in [2.75, 3.05) is 18.8 Å². The number of nitrogens with zero attached hydrogens (tertiary/aromatic N) is 1. The van der Waals surface area contributed by atoms with Gasteiger partial charge in [-0.15, -0.1) is 24.8 Å². The summed E-state index contributed by atoms with van der Waals surface area (Å²) in [5.41, 5.74) is 9.66. The molecule has 0 atom stereocenters. The molecule has 0 aliphatic rings. The fourth-order valence-electron chi connectivity index (χ4n) is 2.09. The van der Waals surface area contributed by atoms with Gasteiger partial charge in [0.05, 0.1) is 0 Å². The van der Waals surface area contributed by atoms with Gasteiger partial charge in [-0.1, -0.05) is 40.7 Å². The van der Waals surface area contributed by atoms with E-state index in [4.69, 9.17) is 5.73 Å². The van der Waals surface area contributed by atoms with Crippen LogP contribution in [0.25, 0.3) is 0 Å². The maximum atomic E-state index is 6.17. The minimum absolute atomic E-state index is 0. The number of nitrogens with two attached hydrogens (primary N) is 1. The lowest BCUT2D eigenvalue weighted by Gasteiger charge is -2.25. The lowest BCUT2D eigenvalue weighted by molar-refractivity contribution is 0.295. The molecule has 0 aliphatic heterocycles. The van der Waals surface area contributed by atoms with E-state index in [1.54, 1.807) is 0 Å². The van der Waals surface area contributed by atoms with Crippen molar-refractivity contribution in [2.45, 2.75) is 46.6 Å². The van der Waals surface area contributed by atoms with Crippen LogP contribution in [0.15, 0.2) is 16.6 Å². The topological polar surface area (TPSA) is 29.3 Å². The number of hydrogen-bond donors (Lipinski definition) is 1. The minimum atomic E-state index is 0. The third-order valence-corrected chi connectivity index (χ3v) is 3.95. The third-order valence-electron chi connectivity index (χ3n) is 3.30. The van der Waals surface area contributed by atoms with E-state index in [-0.39, 0.29) is 30.2 Å². The van der Waals surface area contributed by atoms with E-state index in [0.29, 0.717) is 0 Å². The molecule has 0 amide bonds. The SMILES string of the molecule is CCN(CC)Cc1cc(Br)c(N)c(C(C)(C)C)c1.Cl.Cl. The molecule has 20 heavy (non-hydrogen) atoms. The molecule has 0 radical (unpaired) electrons. The van der Waals surface area contributed by atoms with Crippen molar-refractivity contribution in [2.24, 2.45) is 0 Å². The Labute approximate surface area is 144 Å². The van der Waals surface area contributed by atoms with Crippen LogP contribution in [0.2, 0.25) is 0 Å². The molecule has 1 aromatic carbocycles. The largest absolute Gasteiger partial charge is 0.398 e. The van der Waals surface area contributed by atoms with Gasteiger partial charge in [-0.25, -0.2) is 0 Å². The molecule has 0 saturated carbocycles. The number of halogens is 3. The first-order valence-electron chi connectivity index (χ1n) is 6.60. The van der Waals surface area contributed by atoms with Crippen LogP contribution < -0.4 is 5.73 Å². The molecule has 0 heterocycles. The van der Waals surface area contributed by atoms with E-state index in [1.807, 2.05) is 0 Å². The Morgan fingerprint density at radius 2 is 1.60 bits per heavy atom. The average molecular weight is 386 g/mol. The standard InChI is InChI=1S/C15H25BrN2.2ClH/c1-6-18(7-2)10-11-8-12(15(3,4)5)14(17)13(16)9-11;;/h8-9H,6-7,10,17H2,1-5H3;2*1H. The summed E-state index contributed by atoms with van der Waals surface area (Å²) in [5, 5.41) is 0. The van der Waals surface area contributed by atoms with Crippen LogP contribution in [0.1, 0.15) is 45.7 Å². The molecule has 1 aromatic rings. The van der Waals surface area contributed by atoms with Gasteiger partial charge in [-0.3, -0.25) is 4.90 Å². The summed E-state index contributed by atoms with van der Waals surface area (Å²) < 4.78 is 1.01. The summed E-state index contributed by atoms with van der Waals surface area (Å²) in [7, 11) is 0. The summed E-state index contributed by atoms with van der Waals surface area (Å²) in [6, 6.07) is 4.39. The minimum Gasteiger partial charge on any atom is -0.398 e. The highest BCUT2D eigenvalue weighted by Crippen LogP contribution is 2.34. The molecule has 0 aromatic heterocycles. The maximum absolute atomic E-state index is 6.17. The quantitative estimate of drug-likeness (QED) is 0.737. The molecule has 0 saturated heterocycles. The molecule has 0 spiro atoms. The highest BCUT2D eigenvalue weighted by Gasteiger charge is 2.19.